The van der Waals surface area contributed by atoms with Gasteiger partial charge in [-0.2, -0.15) is 0 Å². The average Bonchev–Trinajstić information content (AvgIpc) is 2.37. The third-order valence-corrected chi connectivity index (χ3v) is 3.69. The maximum atomic E-state index is 6.05. The summed E-state index contributed by atoms with van der Waals surface area (Å²) in [5.41, 5.74) is 1.24. The predicted molar refractivity (Wildman–Crippen MR) is 81.8 cm³/mol. The van der Waals surface area contributed by atoms with Crippen molar-refractivity contribution in [1.82, 2.24) is 10.2 Å². The van der Waals surface area contributed by atoms with Gasteiger partial charge in [-0.15, -0.1) is 0 Å². The van der Waals surface area contributed by atoms with Gasteiger partial charge in [0.05, 0.1) is 0 Å². The van der Waals surface area contributed by atoms with E-state index in [-0.39, 0.29) is 5.54 Å². The van der Waals surface area contributed by atoms with E-state index in [1.165, 1.54) is 5.56 Å². The summed E-state index contributed by atoms with van der Waals surface area (Å²) in [6.07, 6.45) is 0. The Kier molecular flexibility index (Phi) is 5.83. The van der Waals surface area contributed by atoms with Crippen LogP contribution < -0.4 is 10.1 Å². The molecule has 19 heavy (non-hydrogen) atoms. The Hall–Kier alpha value is -1.06. The van der Waals surface area contributed by atoms with Gasteiger partial charge < -0.3 is 15.0 Å². The van der Waals surface area contributed by atoms with Gasteiger partial charge in [-0.1, -0.05) is 25.1 Å². The molecule has 0 aliphatic heterocycles. The molecule has 1 aromatic rings. The molecule has 0 saturated carbocycles. The van der Waals surface area contributed by atoms with E-state index in [0.717, 1.165) is 12.3 Å². The van der Waals surface area contributed by atoms with E-state index in [1.807, 2.05) is 6.07 Å². The first-order valence-corrected chi connectivity index (χ1v) is 7.01. The first-order chi connectivity index (χ1) is 8.88. The van der Waals surface area contributed by atoms with Crippen molar-refractivity contribution in [2.45, 2.75) is 39.3 Å². The summed E-state index contributed by atoms with van der Waals surface area (Å²) in [7, 11) is 4.16. The van der Waals surface area contributed by atoms with Crippen LogP contribution in [0.4, 0.5) is 0 Å². The zero-order valence-electron chi connectivity index (χ0n) is 13.2. The number of rotatable bonds is 7. The van der Waals surface area contributed by atoms with Gasteiger partial charge in [0.15, 0.2) is 0 Å². The van der Waals surface area contributed by atoms with Crippen molar-refractivity contribution in [3.8, 4) is 5.75 Å². The molecule has 3 nitrogen and oxygen atoms in total. The molecule has 0 spiro atoms. The SMILES string of the molecule is CCNC(C)c1ccccc1OCC(C)(C)N(C)C. The first kappa shape index (κ1) is 16.0. The average molecular weight is 264 g/mol. The van der Waals surface area contributed by atoms with E-state index in [1.54, 1.807) is 0 Å². The minimum absolute atomic E-state index is 0.0224. The number of nitrogens with one attached hydrogen (secondary N) is 1. The van der Waals surface area contributed by atoms with E-state index in [9.17, 15) is 0 Å². The molecule has 1 aromatic carbocycles. The number of para-hydroxylation sites is 1. The lowest BCUT2D eigenvalue weighted by Crippen LogP contribution is -2.43. The van der Waals surface area contributed by atoms with Crippen LogP contribution in [0.5, 0.6) is 5.75 Å². The molecule has 0 aliphatic carbocycles. The molecule has 0 aromatic heterocycles. The van der Waals surface area contributed by atoms with Crippen molar-refractivity contribution >= 4 is 0 Å². The molecular formula is C16H28N2O. The number of ether oxygens (including phenoxy) is 1. The summed E-state index contributed by atoms with van der Waals surface area (Å²) in [5.74, 6) is 0.978. The fourth-order valence-corrected chi connectivity index (χ4v) is 1.77. The quantitative estimate of drug-likeness (QED) is 0.819. The third-order valence-electron chi connectivity index (χ3n) is 3.69. The van der Waals surface area contributed by atoms with Crippen molar-refractivity contribution in [2.75, 3.05) is 27.2 Å². The van der Waals surface area contributed by atoms with Gasteiger partial charge in [-0.25, -0.2) is 0 Å². The lowest BCUT2D eigenvalue weighted by Gasteiger charge is -2.32. The minimum atomic E-state index is 0.0224. The zero-order chi connectivity index (χ0) is 14.5. The van der Waals surface area contributed by atoms with Crippen LogP contribution in [0.25, 0.3) is 0 Å². The largest absolute Gasteiger partial charge is 0.491 e. The molecule has 1 unspecified atom stereocenters. The van der Waals surface area contributed by atoms with Crippen LogP contribution in [0.1, 0.15) is 39.3 Å². The Morgan fingerprint density at radius 1 is 1.26 bits per heavy atom. The first-order valence-electron chi connectivity index (χ1n) is 7.01. The normalized spacial score (nSPS) is 13.6. The van der Waals surface area contributed by atoms with E-state index >= 15 is 0 Å². The monoisotopic (exact) mass is 264 g/mol. The second-order valence-corrected chi connectivity index (χ2v) is 5.81. The van der Waals surface area contributed by atoms with Crippen LogP contribution in [-0.2, 0) is 0 Å². The van der Waals surface area contributed by atoms with Crippen molar-refractivity contribution in [3.05, 3.63) is 29.8 Å². The lowest BCUT2D eigenvalue weighted by molar-refractivity contribution is 0.113. The van der Waals surface area contributed by atoms with Gasteiger partial charge in [0, 0.05) is 17.1 Å². The smallest absolute Gasteiger partial charge is 0.124 e. The highest BCUT2D eigenvalue weighted by atomic mass is 16.5. The van der Waals surface area contributed by atoms with Crippen molar-refractivity contribution in [3.63, 3.8) is 0 Å². The Bertz CT molecular complexity index is 388. The molecule has 1 atom stereocenters. The summed E-state index contributed by atoms with van der Waals surface area (Å²) in [6, 6.07) is 8.58. The number of nitrogens with zero attached hydrogens (tertiary/aromatic N) is 1. The summed E-state index contributed by atoms with van der Waals surface area (Å²) in [5, 5.41) is 3.43. The Morgan fingerprint density at radius 3 is 2.47 bits per heavy atom. The standard InChI is InChI=1S/C16H28N2O/c1-7-17-13(2)14-10-8-9-11-15(14)19-12-16(3,4)18(5)6/h8-11,13,17H,7,12H2,1-6H3. The van der Waals surface area contributed by atoms with E-state index in [0.29, 0.717) is 12.6 Å². The molecule has 0 fully saturated rings. The maximum Gasteiger partial charge on any atom is 0.124 e. The number of benzene rings is 1. The van der Waals surface area contributed by atoms with Crippen LogP contribution in [0.2, 0.25) is 0 Å². The second-order valence-electron chi connectivity index (χ2n) is 5.81. The predicted octanol–water partition coefficient (Wildman–Crippen LogP) is 3.08. The highest BCUT2D eigenvalue weighted by molar-refractivity contribution is 5.35. The van der Waals surface area contributed by atoms with E-state index < -0.39 is 0 Å². The maximum absolute atomic E-state index is 6.05. The molecule has 3 heteroatoms. The minimum Gasteiger partial charge on any atom is -0.491 e. The number of likely N-dealkylation sites (N-methyl/N-ethyl adjacent to an activating group) is 1. The molecular weight excluding hydrogens is 236 g/mol. The Morgan fingerprint density at radius 2 is 1.89 bits per heavy atom. The molecule has 0 saturated heterocycles. The molecule has 1 N–H and O–H groups in total. The highest BCUT2D eigenvalue weighted by Crippen LogP contribution is 2.26. The van der Waals surface area contributed by atoms with Gasteiger partial charge in [-0.05, 0) is 47.5 Å². The van der Waals surface area contributed by atoms with Crippen LogP contribution in [0.15, 0.2) is 24.3 Å². The van der Waals surface area contributed by atoms with Gasteiger partial charge in [0.25, 0.3) is 0 Å². The van der Waals surface area contributed by atoms with Gasteiger partial charge in [0.1, 0.15) is 12.4 Å². The molecule has 0 aliphatic rings. The number of hydrogen-bond donors (Lipinski definition) is 1. The molecule has 0 radical (unpaired) electrons. The summed E-state index contributed by atoms with van der Waals surface area (Å²) in [6.45, 7) is 10.3. The topological polar surface area (TPSA) is 24.5 Å². The van der Waals surface area contributed by atoms with E-state index in [4.69, 9.17) is 4.74 Å². The van der Waals surface area contributed by atoms with Crippen molar-refractivity contribution in [2.24, 2.45) is 0 Å². The van der Waals surface area contributed by atoms with Gasteiger partial charge in [0.2, 0.25) is 0 Å². The summed E-state index contributed by atoms with van der Waals surface area (Å²) < 4.78 is 6.05. The van der Waals surface area contributed by atoms with E-state index in [2.05, 4.69) is 70.2 Å². The molecule has 1 rings (SSSR count). The van der Waals surface area contributed by atoms with Crippen molar-refractivity contribution in [1.29, 1.82) is 0 Å². The Balaban J connectivity index is 2.78. The lowest BCUT2D eigenvalue weighted by atomic mass is 10.1. The number of hydrogen-bond acceptors (Lipinski definition) is 3. The van der Waals surface area contributed by atoms with Crippen LogP contribution in [-0.4, -0.2) is 37.7 Å². The summed E-state index contributed by atoms with van der Waals surface area (Å²) in [4.78, 5) is 2.18. The molecule has 0 heterocycles. The third kappa shape index (κ3) is 4.51. The summed E-state index contributed by atoms with van der Waals surface area (Å²) >= 11 is 0. The highest BCUT2D eigenvalue weighted by Gasteiger charge is 2.22. The van der Waals surface area contributed by atoms with Gasteiger partial charge in [-0.3, -0.25) is 0 Å². The fraction of sp³-hybridized carbons (Fsp3) is 0.625. The molecule has 0 amide bonds. The van der Waals surface area contributed by atoms with Crippen molar-refractivity contribution < 1.29 is 4.74 Å². The Labute approximate surface area is 118 Å². The van der Waals surface area contributed by atoms with Gasteiger partial charge >= 0.3 is 0 Å². The molecule has 108 valence electrons. The zero-order valence-corrected chi connectivity index (χ0v) is 13.2. The van der Waals surface area contributed by atoms with Crippen LogP contribution >= 0.6 is 0 Å². The fourth-order valence-electron chi connectivity index (χ4n) is 1.77. The van der Waals surface area contributed by atoms with Crippen LogP contribution in [0, 0.1) is 0 Å². The van der Waals surface area contributed by atoms with Crippen LogP contribution in [0.3, 0.4) is 0 Å². The second kappa shape index (κ2) is 6.92. The molecule has 0 bridgehead atoms.